The van der Waals surface area contributed by atoms with Crippen LogP contribution in [0.5, 0.6) is 0 Å². The first-order valence-corrected chi connectivity index (χ1v) is 8.32. The highest BCUT2D eigenvalue weighted by atomic mass is 16.5. The van der Waals surface area contributed by atoms with Crippen molar-refractivity contribution >= 4 is 11.9 Å². The van der Waals surface area contributed by atoms with Gasteiger partial charge in [0.25, 0.3) is 5.91 Å². The Morgan fingerprint density at radius 2 is 2.00 bits per heavy atom. The first-order valence-electron chi connectivity index (χ1n) is 8.32. The molecule has 0 aromatic carbocycles. The molecule has 0 spiro atoms. The zero-order valence-corrected chi connectivity index (χ0v) is 14.5. The molecule has 1 amide bonds. The van der Waals surface area contributed by atoms with Crippen molar-refractivity contribution in [3.8, 4) is 0 Å². The molecule has 2 atom stereocenters. The molecule has 0 bridgehead atoms. The molecule has 1 aromatic heterocycles. The Labute approximate surface area is 137 Å². The van der Waals surface area contributed by atoms with Crippen LogP contribution in [-0.4, -0.2) is 34.3 Å². The highest BCUT2D eigenvalue weighted by Crippen LogP contribution is 2.23. The average Bonchev–Trinajstić information content (AvgIpc) is 2.74. The number of aryl methyl sites for hydroxylation is 2. The maximum atomic E-state index is 11.9. The lowest BCUT2D eigenvalue weighted by atomic mass is 9.86. The molecule has 0 aliphatic heterocycles. The van der Waals surface area contributed by atoms with E-state index in [4.69, 9.17) is 4.74 Å². The minimum absolute atomic E-state index is 0.151. The molecule has 2 unspecified atom stereocenters. The number of aromatic nitrogens is 2. The fraction of sp³-hybridized carbons (Fsp3) is 0.706. The second-order valence-electron chi connectivity index (χ2n) is 6.55. The lowest BCUT2D eigenvalue weighted by Gasteiger charge is -2.29. The quantitative estimate of drug-likeness (QED) is 0.840. The summed E-state index contributed by atoms with van der Waals surface area (Å²) < 4.78 is 6.86. The molecule has 1 aromatic rings. The average molecular weight is 321 g/mol. The van der Waals surface area contributed by atoms with Crippen molar-refractivity contribution in [3.05, 3.63) is 17.0 Å². The number of hydrogen-bond acceptors (Lipinski definition) is 4. The van der Waals surface area contributed by atoms with Crippen molar-refractivity contribution in [2.24, 2.45) is 13.0 Å². The van der Waals surface area contributed by atoms with E-state index in [-0.39, 0.29) is 25.0 Å². The maximum Gasteiger partial charge on any atom is 0.310 e. The van der Waals surface area contributed by atoms with Gasteiger partial charge in [-0.3, -0.25) is 14.3 Å². The summed E-state index contributed by atoms with van der Waals surface area (Å²) in [6, 6.07) is 0.206. The Bertz CT molecular complexity index is 580. The number of carbonyl (C=O) groups is 2. The third kappa shape index (κ3) is 4.56. The largest absolute Gasteiger partial charge is 0.455 e. The van der Waals surface area contributed by atoms with Gasteiger partial charge in [-0.2, -0.15) is 5.10 Å². The van der Waals surface area contributed by atoms with Crippen LogP contribution in [0.1, 0.15) is 49.6 Å². The van der Waals surface area contributed by atoms with Crippen LogP contribution in [0, 0.1) is 19.8 Å². The second kappa shape index (κ2) is 7.62. The van der Waals surface area contributed by atoms with Gasteiger partial charge in [0, 0.05) is 24.3 Å². The van der Waals surface area contributed by atoms with Crippen LogP contribution in [0.4, 0.5) is 0 Å². The van der Waals surface area contributed by atoms with Gasteiger partial charge in [-0.25, -0.2) is 0 Å². The van der Waals surface area contributed by atoms with E-state index >= 15 is 0 Å². The number of rotatable bonds is 5. The number of hydrogen-bond donors (Lipinski definition) is 1. The SMILES string of the molecule is Cc1nn(C)c(C)c1CC(=O)OCC(=O)NC1CCCCC1C. The van der Waals surface area contributed by atoms with Crippen molar-refractivity contribution < 1.29 is 14.3 Å². The first kappa shape index (κ1) is 17.5. The number of ether oxygens (including phenoxy) is 1. The maximum absolute atomic E-state index is 11.9. The van der Waals surface area contributed by atoms with E-state index in [0.29, 0.717) is 5.92 Å². The normalized spacial score (nSPS) is 21.0. The summed E-state index contributed by atoms with van der Waals surface area (Å²) in [5.74, 6) is -0.114. The van der Waals surface area contributed by atoms with E-state index in [1.165, 1.54) is 6.42 Å². The second-order valence-corrected chi connectivity index (χ2v) is 6.55. The third-order valence-corrected chi connectivity index (χ3v) is 4.80. The molecular formula is C17H27N3O3. The molecular weight excluding hydrogens is 294 g/mol. The molecule has 1 fully saturated rings. The van der Waals surface area contributed by atoms with Crippen molar-refractivity contribution in [2.45, 2.75) is 58.9 Å². The lowest BCUT2D eigenvalue weighted by Crippen LogP contribution is -2.43. The van der Waals surface area contributed by atoms with Gasteiger partial charge in [0.05, 0.1) is 12.1 Å². The Balaban J connectivity index is 1.78. The van der Waals surface area contributed by atoms with Gasteiger partial charge in [-0.15, -0.1) is 0 Å². The number of carbonyl (C=O) groups excluding carboxylic acids is 2. The Kier molecular flexibility index (Phi) is 5.80. The molecule has 6 nitrogen and oxygen atoms in total. The summed E-state index contributed by atoms with van der Waals surface area (Å²) in [5.41, 5.74) is 2.64. The van der Waals surface area contributed by atoms with Crippen molar-refractivity contribution in [1.82, 2.24) is 15.1 Å². The molecule has 128 valence electrons. The lowest BCUT2D eigenvalue weighted by molar-refractivity contribution is -0.148. The molecule has 1 aliphatic rings. The minimum Gasteiger partial charge on any atom is -0.455 e. The summed E-state index contributed by atoms with van der Waals surface area (Å²) in [7, 11) is 1.84. The zero-order valence-electron chi connectivity index (χ0n) is 14.5. The van der Waals surface area contributed by atoms with Gasteiger partial charge in [-0.1, -0.05) is 19.8 Å². The van der Waals surface area contributed by atoms with Crippen LogP contribution in [-0.2, 0) is 27.8 Å². The van der Waals surface area contributed by atoms with Crippen molar-refractivity contribution in [3.63, 3.8) is 0 Å². The predicted octanol–water partition coefficient (Wildman–Crippen LogP) is 1.82. The van der Waals surface area contributed by atoms with E-state index in [9.17, 15) is 9.59 Å². The number of nitrogens with one attached hydrogen (secondary N) is 1. The van der Waals surface area contributed by atoms with Gasteiger partial charge in [0.2, 0.25) is 0 Å². The van der Waals surface area contributed by atoms with E-state index in [0.717, 1.165) is 36.2 Å². The topological polar surface area (TPSA) is 73.2 Å². The minimum atomic E-state index is -0.393. The van der Waals surface area contributed by atoms with E-state index < -0.39 is 5.97 Å². The first-order chi connectivity index (χ1) is 10.9. The molecule has 6 heteroatoms. The van der Waals surface area contributed by atoms with E-state index in [2.05, 4.69) is 17.3 Å². The number of amides is 1. The van der Waals surface area contributed by atoms with E-state index in [1.54, 1.807) is 4.68 Å². The summed E-state index contributed by atoms with van der Waals surface area (Å²) in [4.78, 5) is 23.9. The highest BCUT2D eigenvalue weighted by Gasteiger charge is 2.23. The summed E-state index contributed by atoms with van der Waals surface area (Å²) in [5, 5.41) is 7.26. The van der Waals surface area contributed by atoms with Crippen molar-refractivity contribution in [1.29, 1.82) is 0 Å². The predicted molar refractivity (Wildman–Crippen MR) is 86.9 cm³/mol. The van der Waals surface area contributed by atoms with Crippen LogP contribution >= 0.6 is 0 Å². The molecule has 0 radical (unpaired) electrons. The van der Waals surface area contributed by atoms with Crippen LogP contribution < -0.4 is 5.32 Å². The fourth-order valence-electron chi connectivity index (χ4n) is 3.19. The number of nitrogens with zero attached hydrogens (tertiary/aromatic N) is 2. The summed E-state index contributed by atoms with van der Waals surface area (Å²) in [6.45, 7) is 5.73. The monoisotopic (exact) mass is 321 g/mol. The molecule has 2 rings (SSSR count). The standard InChI is InChI=1S/C17H27N3O3/c1-11-7-5-6-8-15(11)18-16(21)10-23-17(22)9-14-12(2)19-20(4)13(14)3/h11,15H,5-10H2,1-4H3,(H,18,21). The molecule has 1 heterocycles. The molecule has 23 heavy (non-hydrogen) atoms. The summed E-state index contributed by atoms with van der Waals surface area (Å²) in [6.07, 6.45) is 4.68. The number of esters is 1. The fourth-order valence-corrected chi connectivity index (χ4v) is 3.19. The molecule has 1 aliphatic carbocycles. The van der Waals surface area contributed by atoms with Crippen LogP contribution in [0.15, 0.2) is 0 Å². The molecule has 1 N–H and O–H groups in total. The molecule has 0 saturated heterocycles. The van der Waals surface area contributed by atoms with Gasteiger partial charge in [-0.05, 0) is 32.6 Å². The van der Waals surface area contributed by atoms with Gasteiger partial charge in [0.15, 0.2) is 6.61 Å². The van der Waals surface area contributed by atoms with E-state index in [1.807, 2.05) is 20.9 Å². The van der Waals surface area contributed by atoms with Crippen molar-refractivity contribution in [2.75, 3.05) is 6.61 Å². The van der Waals surface area contributed by atoms with Gasteiger partial charge < -0.3 is 10.1 Å². The van der Waals surface area contributed by atoms with Crippen LogP contribution in [0.3, 0.4) is 0 Å². The van der Waals surface area contributed by atoms with Gasteiger partial charge in [0.1, 0.15) is 0 Å². The zero-order chi connectivity index (χ0) is 17.0. The summed E-state index contributed by atoms with van der Waals surface area (Å²) >= 11 is 0. The van der Waals surface area contributed by atoms with Crippen LogP contribution in [0.25, 0.3) is 0 Å². The van der Waals surface area contributed by atoms with Gasteiger partial charge >= 0.3 is 5.97 Å². The Morgan fingerprint density at radius 1 is 1.30 bits per heavy atom. The molecule has 1 saturated carbocycles. The highest BCUT2D eigenvalue weighted by molar-refractivity contribution is 5.81. The third-order valence-electron chi connectivity index (χ3n) is 4.80. The smallest absolute Gasteiger partial charge is 0.310 e. The Morgan fingerprint density at radius 3 is 2.61 bits per heavy atom. The Hall–Kier alpha value is -1.85. The van der Waals surface area contributed by atoms with Crippen LogP contribution in [0.2, 0.25) is 0 Å².